The second-order valence-electron chi connectivity index (χ2n) is 2.78. The van der Waals surface area contributed by atoms with Gasteiger partial charge in [-0.1, -0.05) is 6.92 Å². The summed E-state index contributed by atoms with van der Waals surface area (Å²) >= 11 is 0. The summed E-state index contributed by atoms with van der Waals surface area (Å²) in [6.07, 6.45) is 0.922. The van der Waals surface area contributed by atoms with Crippen LogP contribution >= 0.6 is 0 Å². The van der Waals surface area contributed by atoms with Crippen LogP contribution in [0.25, 0.3) is 0 Å². The fraction of sp³-hybridized carbons (Fsp3) is 0.444. The Balaban J connectivity index is 3.07. The van der Waals surface area contributed by atoms with Crippen LogP contribution in [0, 0.1) is 0 Å². The number of nitrogens with two attached hydrogens (primary N) is 1. The number of amides is 1. The molecule has 0 spiro atoms. The zero-order valence-corrected chi connectivity index (χ0v) is 8.00. The van der Waals surface area contributed by atoms with Crippen LogP contribution in [0.3, 0.4) is 0 Å². The second kappa shape index (κ2) is 4.09. The summed E-state index contributed by atoms with van der Waals surface area (Å²) in [6.45, 7) is 4.86. The summed E-state index contributed by atoms with van der Waals surface area (Å²) in [5.41, 5.74) is 3.91. The average Bonchev–Trinajstić information content (AvgIpc) is 2.58. The summed E-state index contributed by atoms with van der Waals surface area (Å²) in [5.74, 6) is 4.83. The van der Waals surface area contributed by atoms with Gasteiger partial charge in [-0.15, -0.1) is 0 Å². The van der Waals surface area contributed by atoms with Crippen LogP contribution in [0.4, 0.5) is 0 Å². The topological polar surface area (TPSA) is 60.1 Å². The van der Waals surface area contributed by atoms with Gasteiger partial charge in [-0.25, -0.2) is 5.84 Å². The molecule has 0 radical (unpaired) electrons. The lowest BCUT2D eigenvalue weighted by molar-refractivity contribution is 0.0944. The predicted molar refractivity (Wildman–Crippen MR) is 51.1 cm³/mol. The van der Waals surface area contributed by atoms with Gasteiger partial charge in [0.05, 0.1) is 0 Å². The van der Waals surface area contributed by atoms with E-state index in [9.17, 15) is 4.79 Å². The number of carbonyl (C=O) groups is 1. The summed E-state index contributed by atoms with van der Waals surface area (Å²) < 4.78 is 1.96. The van der Waals surface area contributed by atoms with Crippen molar-refractivity contribution in [2.45, 2.75) is 26.8 Å². The molecule has 4 heteroatoms. The lowest BCUT2D eigenvalue weighted by Crippen LogP contribution is -2.31. The first-order valence-electron chi connectivity index (χ1n) is 4.43. The van der Waals surface area contributed by atoms with Crippen molar-refractivity contribution >= 4 is 5.91 Å². The molecule has 13 heavy (non-hydrogen) atoms. The number of hydrogen-bond donors (Lipinski definition) is 2. The third kappa shape index (κ3) is 1.72. The highest BCUT2D eigenvalue weighted by Gasteiger charge is 2.11. The number of aryl methyl sites for hydroxylation is 1. The maximum absolute atomic E-state index is 11.3. The Labute approximate surface area is 77.7 Å². The molecule has 0 aliphatic heterocycles. The second-order valence-corrected chi connectivity index (χ2v) is 2.78. The molecule has 0 saturated heterocycles. The smallest absolute Gasteiger partial charge is 0.281 e. The summed E-state index contributed by atoms with van der Waals surface area (Å²) in [7, 11) is 0. The molecule has 0 bridgehead atoms. The van der Waals surface area contributed by atoms with E-state index in [-0.39, 0.29) is 5.91 Å². The molecule has 0 aliphatic carbocycles. The van der Waals surface area contributed by atoms with E-state index in [2.05, 4.69) is 12.3 Å². The van der Waals surface area contributed by atoms with Gasteiger partial charge < -0.3 is 4.57 Å². The Morgan fingerprint density at radius 3 is 2.69 bits per heavy atom. The molecule has 1 heterocycles. The molecule has 0 aliphatic rings. The van der Waals surface area contributed by atoms with Gasteiger partial charge in [0.1, 0.15) is 5.69 Å². The zero-order valence-electron chi connectivity index (χ0n) is 8.00. The van der Waals surface area contributed by atoms with Crippen LogP contribution < -0.4 is 11.3 Å². The molecule has 0 saturated carbocycles. The number of aromatic nitrogens is 1. The summed E-state index contributed by atoms with van der Waals surface area (Å²) in [6, 6.07) is 3.75. The van der Waals surface area contributed by atoms with Gasteiger partial charge in [-0.3, -0.25) is 10.2 Å². The van der Waals surface area contributed by atoms with Crippen molar-refractivity contribution in [1.29, 1.82) is 0 Å². The molecular formula is C9H15N3O. The molecule has 1 rings (SSSR count). The average molecular weight is 181 g/mol. The van der Waals surface area contributed by atoms with Gasteiger partial charge in [0, 0.05) is 12.2 Å². The van der Waals surface area contributed by atoms with Gasteiger partial charge in [0.2, 0.25) is 0 Å². The van der Waals surface area contributed by atoms with E-state index in [4.69, 9.17) is 5.84 Å². The van der Waals surface area contributed by atoms with Crippen LogP contribution in [0.15, 0.2) is 12.1 Å². The Morgan fingerprint density at radius 1 is 1.54 bits per heavy atom. The van der Waals surface area contributed by atoms with E-state index < -0.39 is 0 Å². The molecule has 0 unspecified atom stereocenters. The zero-order chi connectivity index (χ0) is 9.84. The van der Waals surface area contributed by atoms with Gasteiger partial charge in [0.15, 0.2) is 0 Å². The quantitative estimate of drug-likeness (QED) is 0.409. The number of hydrazine groups is 1. The minimum atomic E-state index is -0.235. The molecule has 72 valence electrons. The molecule has 1 aromatic heterocycles. The molecule has 1 amide bonds. The number of nitrogens with zero attached hydrogens (tertiary/aromatic N) is 1. The predicted octanol–water partition coefficient (Wildman–Crippen LogP) is 0.674. The van der Waals surface area contributed by atoms with Crippen LogP contribution in [0.1, 0.15) is 30.0 Å². The van der Waals surface area contributed by atoms with E-state index in [0.717, 1.165) is 18.7 Å². The Bertz CT molecular complexity index is 304. The fourth-order valence-corrected chi connectivity index (χ4v) is 1.46. The van der Waals surface area contributed by atoms with Crippen LogP contribution in [0.2, 0.25) is 0 Å². The van der Waals surface area contributed by atoms with Crippen molar-refractivity contribution in [2.75, 3.05) is 0 Å². The number of nitrogen functional groups attached to an aromatic ring is 1. The molecule has 0 fully saturated rings. The van der Waals surface area contributed by atoms with Crippen molar-refractivity contribution in [3.63, 3.8) is 0 Å². The third-order valence-electron chi connectivity index (χ3n) is 2.11. The highest BCUT2D eigenvalue weighted by molar-refractivity contribution is 5.92. The van der Waals surface area contributed by atoms with E-state index in [1.54, 1.807) is 6.07 Å². The van der Waals surface area contributed by atoms with Crippen molar-refractivity contribution in [3.05, 3.63) is 23.5 Å². The van der Waals surface area contributed by atoms with Crippen molar-refractivity contribution < 1.29 is 4.79 Å². The molecular weight excluding hydrogens is 166 g/mol. The van der Waals surface area contributed by atoms with Crippen LogP contribution in [-0.2, 0) is 13.0 Å². The molecule has 0 atom stereocenters. The fourth-order valence-electron chi connectivity index (χ4n) is 1.46. The highest BCUT2D eigenvalue weighted by Crippen LogP contribution is 2.09. The monoisotopic (exact) mass is 181 g/mol. The van der Waals surface area contributed by atoms with Crippen molar-refractivity contribution in [3.8, 4) is 0 Å². The summed E-state index contributed by atoms with van der Waals surface area (Å²) in [4.78, 5) is 11.3. The first-order chi connectivity index (χ1) is 6.24. The Morgan fingerprint density at radius 2 is 2.23 bits per heavy atom. The van der Waals surface area contributed by atoms with Gasteiger partial charge in [-0.2, -0.15) is 0 Å². The maximum atomic E-state index is 11.3. The van der Waals surface area contributed by atoms with Crippen molar-refractivity contribution in [1.82, 2.24) is 9.99 Å². The summed E-state index contributed by atoms with van der Waals surface area (Å²) in [5, 5.41) is 0. The lowest BCUT2D eigenvalue weighted by Gasteiger charge is -2.08. The van der Waals surface area contributed by atoms with Crippen LogP contribution in [0.5, 0.6) is 0 Å². The Hall–Kier alpha value is -1.29. The number of carbonyl (C=O) groups excluding carboxylic acids is 1. The first-order valence-corrected chi connectivity index (χ1v) is 4.43. The third-order valence-corrected chi connectivity index (χ3v) is 2.11. The number of rotatable bonds is 3. The van der Waals surface area contributed by atoms with Gasteiger partial charge in [0.25, 0.3) is 5.91 Å². The maximum Gasteiger partial charge on any atom is 0.281 e. The standard InChI is InChI=1S/C9H15N3O/c1-3-7-5-6-8(9(13)11-10)12(7)4-2/h5-6H,3-4,10H2,1-2H3,(H,11,13). The molecule has 0 aromatic carbocycles. The minimum Gasteiger partial charge on any atom is -0.341 e. The number of hydrogen-bond acceptors (Lipinski definition) is 2. The first kappa shape index (κ1) is 9.80. The molecule has 3 N–H and O–H groups in total. The Kier molecular flexibility index (Phi) is 3.08. The van der Waals surface area contributed by atoms with Crippen LogP contribution in [-0.4, -0.2) is 10.5 Å². The van der Waals surface area contributed by atoms with E-state index in [1.807, 2.05) is 17.6 Å². The van der Waals surface area contributed by atoms with E-state index >= 15 is 0 Å². The van der Waals surface area contributed by atoms with Gasteiger partial charge >= 0.3 is 0 Å². The number of nitrogens with one attached hydrogen (secondary N) is 1. The molecule has 4 nitrogen and oxygen atoms in total. The normalized spacial score (nSPS) is 10.1. The minimum absolute atomic E-state index is 0.235. The van der Waals surface area contributed by atoms with E-state index in [0.29, 0.717) is 5.69 Å². The van der Waals surface area contributed by atoms with Gasteiger partial charge in [-0.05, 0) is 25.5 Å². The van der Waals surface area contributed by atoms with E-state index in [1.165, 1.54) is 0 Å². The molecule has 1 aromatic rings. The highest BCUT2D eigenvalue weighted by atomic mass is 16.2. The largest absolute Gasteiger partial charge is 0.341 e. The SMILES string of the molecule is CCc1ccc(C(=O)NN)n1CC. The van der Waals surface area contributed by atoms with Crippen molar-refractivity contribution in [2.24, 2.45) is 5.84 Å². The lowest BCUT2D eigenvalue weighted by atomic mass is 10.3.